The Balaban J connectivity index is 1.83. The molecule has 0 fully saturated rings. The molecule has 0 radical (unpaired) electrons. The van der Waals surface area contributed by atoms with Gasteiger partial charge in [-0.2, -0.15) is 0 Å². The number of hydrogen-bond acceptors (Lipinski definition) is 6. The standard InChI is InChI=1S/C17H17N7O2S/c1-4-11-20-21-16(24(11)10-8-6-5-7-9-10)27-15-18-12-13(19-15)22(2)17(26)23(3)14(12)25/h5-9H,4H2,1-3H3,(H,18,19). The fourth-order valence-corrected chi connectivity index (χ4v) is 3.71. The van der Waals surface area contributed by atoms with E-state index in [9.17, 15) is 9.59 Å². The highest BCUT2D eigenvalue weighted by molar-refractivity contribution is 7.99. The van der Waals surface area contributed by atoms with Gasteiger partial charge in [-0.3, -0.25) is 18.5 Å². The highest BCUT2D eigenvalue weighted by atomic mass is 32.2. The van der Waals surface area contributed by atoms with Crippen LogP contribution in [0.3, 0.4) is 0 Å². The van der Waals surface area contributed by atoms with Crippen LogP contribution in [0.25, 0.3) is 16.9 Å². The van der Waals surface area contributed by atoms with Gasteiger partial charge in [-0.05, 0) is 23.9 Å². The van der Waals surface area contributed by atoms with Gasteiger partial charge in [0.25, 0.3) is 5.56 Å². The van der Waals surface area contributed by atoms with E-state index in [0.29, 0.717) is 16.0 Å². The topological polar surface area (TPSA) is 103 Å². The lowest BCUT2D eigenvalue weighted by Crippen LogP contribution is -2.36. The zero-order valence-corrected chi connectivity index (χ0v) is 15.8. The van der Waals surface area contributed by atoms with E-state index in [1.165, 1.54) is 23.4 Å². The Morgan fingerprint density at radius 1 is 1.07 bits per heavy atom. The normalized spacial score (nSPS) is 11.4. The fourth-order valence-electron chi connectivity index (χ4n) is 2.87. The molecule has 0 aliphatic carbocycles. The first kappa shape index (κ1) is 17.3. The number of benzene rings is 1. The summed E-state index contributed by atoms with van der Waals surface area (Å²) in [5.41, 5.74) is 0.708. The van der Waals surface area contributed by atoms with Crippen molar-refractivity contribution in [2.45, 2.75) is 23.7 Å². The molecular formula is C17H17N7O2S. The summed E-state index contributed by atoms with van der Waals surface area (Å²) in [7, 11) is 3.03. The molecule has 0 aliphatic heterocycles. The Labute approximate surface area is 157 Å². The van der Waals surface area contributed by atoms with E-state index in [1.807, 2.05) is 41.8 Å². The molecule has 4 rings (SSSR count). The number of fused-ring (bicyclic) bond motifs is 1. The number of aromatic nitrogens is 7. The molecule has 0 bridgehead atoms. The molecule has 4 aromatic rings. The van der Waals surface area contributed by atoms with Gasteiger partial charge in [-0.25, -0.2) is 9.78 Å². The Kier molecular flexibility index (Phi) is 4.19. The molecule has 0 aliphatic rings. The van der Waals surface area contributed by atoms with Crippen LogP contribution in [-0.2, 0) is 20.5 Å². The molecule has 27 heavy (non-hydrogen) atoms. The smallest absolute Gasteiger partial charge is 0.327 e. The molecule has 3 heterocycles. The van der Waals surface area contributed by atoms with Crippen LogP contribution in [0, 0.1) is 0 Å². The van der Waals surface area contributed by atoms with Crippen LogP contribution in [-0.4, -0.2) is 33.9 Å². The minimum atomic E-state index is -0.420. The van der Waals surface area contributed by atoms with Crippen LogP contribution in [0.5, 0.6) is 0 Å². The quantitative estimate of drug-likeness (QED) is 0.569. The van der Waals surface area contributed by atoms with Crippen molar-refractivity contribution in [3.63, 3.8) is 0 Å². The second kappa shape index (κ2) is 6.54. The van der Waals surface area contributed by atoms with Crippen molar-refractivity contribution in [1.29, 1.82) is 0 Å². The molecular weight excluding hydrogens is 366 g/mol. The number of aromatic amines is 1. The average Bonchev–Trinajstić information content (AvgIpc) is 3.30. The molecule has 10 heteroatoms. The van der Waals surface area contributed by atoms with Crippen LogP contribution >= 0.6 is 11.8 Å². The number of nitrogens with zero attached hydrogens (tertiary/aromatic N) is 6. The van der Waals surface area contributed by atoms with Crippen molar-refractivity contribution in [3.8, 4) is 5.69 Å². The highest BCUT2D eigenvalue weighted by Crippen LogP contribution is 2.28. The largest absolute Gasteiger partial charge is 0.332 e. The summed E-state index contributed by atoms with van der Waals surface area (Å²) in [5.74, 6) is 0.822. The van der Waals surface area contributed by atoms with Gasteiger partial charge in [0, 0.05) is 26.2 Å². The van der Waals surface area contributed by atoms with Gasteiger partial charge in [0.2, 0.25) is 5.16 Å². The van der Waals surface area contributed by atoms with Crippen molar-refractivity contribution < 1.29 is 0 Å². The second-order valence-electron chi connectivity index (χ2n) is 5.97. The third-order valence-electron chi connectivity index (χ3n) is 4.29. The van der Waals surface area contributed by atoms with E-state index in [2.05, 4.69) is 20.2 Å². The number of hydrogen-bond donors (Lipinski definition) is 1. The first-order chi connectivity index (χ1) is 13.0. The van der Waals surface area contributed by atoms with Crippen LogP contribution in [0.4, 0.5) is 0 Å². The molecule has 0 saturated carbocycles. The minimum Gasteiger partial charge on any atom is -0.327 e. The Morgan fingerprint density at radius 3 is 2.52 bits per heavy atom. The van der Waals surface area contributed by atoms with E-state index in [1.54, 1.807) is 7.05 Å². The number of para-hydroxylation sites is 1. The molecule has 0 spiro atoms. The predicted octanol–water partition coefficient (Wildman–Crippen LogP) is 1.25. The first-order valence-corrected chi connectivity index (χ1v) is 9.16. The molecule has 1 aromatic carbocycles. The molecule has 9 nitrogen and oxygen atoms in total. The summed E-state index contributed by atoms with van der Waals surface area (Å²) in [6.45, 7) is 2.01. The maximum Gasteiger partial charge on any atom is 0.332 e. The maximum absolute atomic E-state index is 12.3. The van der Waals surface area contributed by atoms with E-state index < -0.39 is 11.2 Å². The average molecular weight is 383 g/mol. The van der Waals surface area contributed by atoms with Crippen molar-refractivity contribution in [2.24, 2.45) is 14.1 Å². The number of aryl methyl sites for hydroxylation is 2. The number of H-pyrrole nitrogens is 1. The summed E-state index contributed by atoms with van der Waals surface area (Å²) in [5, 5.41) is 9.62. The van der Waals surface area contributed by atoms with Crippen LogP contribution in [0.15, 0.2) is 50.2 Å². The van der Waals surface area contributed by atoms with Crippen molar-refractivity contribution >= 4 is 22.9 Å². The lowest BCUT2D eigenvalue weighted by Gasteiger charge is -2.08. The molecule has 0 atom stereocenters. The van der Waals surface area contributed by atoms with Crippen LogP contribution in [0.2, 0.25) is 0 Å². The molecule has 3 aromatic heterocycles. The highest BCUT2D eigenvalue weighted by Gasteiger charge is 2.18. The van der Waals surface area contributed by atoms with Gasteiger partial charge < -0.3 is 4.98 Å². The van der Waals surface area contributed by atoms with E-state index in [4.69, 9.17) is 0 Å². The van der Waals surface area contributed by atoms with Gasteiger partial charge in [0.1, 0.15) is 5.82 Å². The second-order valence-corrected chi connectivity index (χ2v) is 6.93. The molecule has 0 unspecified atom stereocenters. The Morgan fingerprint density at radius 2 is 1.81 bits per heavy atom. The third kappa shape index (κ3) is 2.78. The monoisotopic (exact) mass is 383 g/mol. The molecule has 0 amide bonds. The van der Waals surface area contributed by atoms with E-state index >= 15 is 0 Å². The summed E-state index contributed by atoms with van der Waals surface area (Å²) in [4.78, 5) is 31.9. The molecule has 138 valence electrons. The summed E-state index contributed by atoms with van der Waals surface area (Å²) >= 11 is 1.26. The number of imidazole rings is 1. The number of rotatable bonds is 4. The first-order valence-electron chi connectivity index (χ1n) is 8.34. The van der Waals surface area contributed by atoms with Gasteiger partial charge >= 0.3 is 5.69 Å². The van der Waals surface area contributed by atoms with Gasteiger partial charge in [-0.15, -0.1) is 10.2 Å². The van der Waals surface area contributed by atoms with Crippen LogP contribution < -0.4 is 11.2 Å². The zero-order valence-electron chi connectivity index (χ0n) is 15.0. The predicted molar refractivity (Wildman–Crippen MR) is 101 cm³/mol. The Bertz CT molecular complexity index is 1250. The SMILES string of the molecule is CCc1nnc(Sc2nc3c([nH]2)c(=O)n(C)c(=O)n3C)n1-c1ccccc1. The van der Waals surface area contributed by atoms with Crippen molar-refractivity contribution in [1.82, 2.24) is 33.9 Å². The van der Waals surface area contributed by atoms with Crippen molar-refractivity contribution in [3.05, 3.63) is 57.0 Å². The lowest BCUT2D eigenvalue weighted by atomic mass is 10.3. The Hall–Kier alpha value is -3.14. The number of nitrogens with one attached hydrogen (secondary N) is 1. The van der Waals surface area contributed by atoms with Gasteiger partial charge in [0.15, 0.2) is 16.3 Å². The molecule has 1 N–H and O–H groups in total. The lowest BCUT2D eigenvalue weighted by molar-refractivity contribution is 0.708. The van der Waals surface area contributed by atoms with Crippen molar-refractivity contribution in [2.75, 3.05) is 0 Å². The zero-order chi connectivity index (χ0) is 19.1. The van der Waals surface area contributed by atoms with E-state index in [0.717, 1.165) is 22.5 Å². The minimum absolute atomic E-state index is 0.281. The third-order valence-corrected chi connectivity index (χ3v) is 5.13. The van der Waals surface area contributed by atoms with E-state index in [-0.39, 0.29) is 5.52 Å². The summed E-state index contributed by atoms with van der Waals surface area (Å²) in [6, 6.07) is 9.80. The van der Waals surface area contributed by atoms with Gasteiger partial charge in [0.05, 0.1) is 0 Å². The van der Waals surface area contributed by atoms with Gasteiger partial charge in [-0.1, -0.05) is 25.1 Å². The summed E-state index contributed by atoms with van der Waals surface area (Å²) < 4.78 is 4.35. The summed E-state index contributed by atoms with van der Waals surface area (Å²) in [6.07, 6.45) is 0.720. The fraction of sp³-hybridized carbons (Fsp3) is 0.235. The maximum atomic E-state index is 12.3. The molecule has 0 saturated heterocycles. The van der Waals surface area contributed by atoms with Crippen LogP contribution in [0.1, 0.15) is 12.7 Å².